The van der Waals surface area contributed by atoms with Crippen LogP contribution in [-0.4, -0.2) is 78.5 Å². The van der Waals surface area contributed by atoms with Gasteiger partial charge in [0.25, 0.3) is 5.91 Å². The van der Waals surface area contributed by atoms with Gasteiger partial charge >= 0.3 is 0 Å². The number of carbonyl (C=O) groups is 2. The van der Waals surface area contributed by atoms with E-state index in [0.29, 0.717) is 30.0 Å². The number of piperazine rings is 1. The Hall–Kier alpha value is -2.42. The van der Waals surface area contributed by atoms with Crippen LogP contribution in [0.1, 0.15) is 16.8 Å². The molecular weight excluding hydrogens is 394 g/mol. The number of hydrogen-bond acceptors (Lipinski definition) is 5. The minimum atomic E-state index is -0.529. The van der Waals surface area contributed by atoms with Crippen LogP contribution in [0.3, 0.4) is 0 Å². The van der Waals surface area contributed by atoms with Gasteiger partial charge in [0.2, 0.25) is 11.3 Å². The van der Waals surface area contributed by atoms with Gasteiger partial charge in [-0.25, -0.2) is 0 Å². The van der Waals surface area contributed by atoms with E-state index >= 15 is 0 Å². The second-order valence-corrected chi connectivity index (χ2v) is 7.33. The van der Waals surface area contributed by atoms with E-state index in [9.17, 15) is 14.4 Å². The predicted molar refractivity (Wildman–Crippen MR) is 114 cm³/mol. The molecule has 2 amide bonds. The lowest BCUT2D eigenvalue weighted by Gasteiger charge is -2.32. The van der Waals surface area contributed by atoms with Crippen molar-refractivity contribution in [1.29, 1.82) is 0 Å². The first-order chi connectivity index (χ1) is 13.6. The van der Waals surface area contributed by atoms with Crippen molar-refractivity contribution in [3.8, 4) is 0 Å². The zero-order valence-electron chi connectivity index (χ0n) is 16.1. The van der Waals surface area contributed by atoms with Crippen LogP contribution in [0.25, 0.3) is 10.9 Å². The number of amides is 2. The van der Waals surface area contributed by atoms with E-state index in [1.165, 1.54) is 6.20 Å². The van der Waals surface area contributed by atoms with Crippen LogP contribution < -0.4 is 16.1 Å². The van der Waals surface area contributed by atoms with E-state index in [-0.39, 0.29) is 35.9 Å². The first kappa shape index (κ1) is 21.3. The molecule has 3 N–H and O–H groups in total. The molecule has 2 saturated heterocycles. The van der Waals surface area contributed by atoms with Crippen LogP contribution in [0.4, 0.5) is 0 Å². The number of fused-ring (bicyclic) bond motifs is 1. The fourth-order valence-corrected chi connectivity index (χ4v) is 4.01. The number of carbonyl (C=O) groups excluding carboxylic acids is 2. The largest absolute Gasteiger partial charge is 0.360 e. The van der Waals surface area contributed by atoms with Gasteiger partial charge in [0, 0.05) is 62.4 Å². The van der Waals surface area contributed by atoms with Gasteiger partial charge in [0.1, 0.15) is 5.56 Å². The summed E-state index contributed by atoms with van der Waals surface area (Å²) in [6.07, 6.45) is 2.37. The number of nitrogens with zero attached hydrogens (tertiary/aromatic N) is 2. The van der Waals surface area contributed by atoms with Crippen LogP contribution in [0, 0.1) is 0 Å². The van der Waals surface area contributed by atoms with Gasteiger partial charge in [0.05, 0.1) is 6.54 Å². The van der Waals surface area contributed by atoms with E-state index in [1.54, 1.807) is 23.1 Å². The molecule has 1 unspecified atom stereocenters. The molecule has 4 rings (SSSR count). The van der Waals surface area contributed by atoms with E-state index < -0.39 is 5.91 Å². The third-order valence-electron chi connectivity index (χ3n) is 5.62. The Balaban J connectivity index is 0.00000240. The number of H-pyrrole nitrogens is 1. The Morgan fingerprint density at radius 3 is 2.69 bits per heavy atom. The number of hydrogen-bond donors (Lipinski definition) is 3. The number of benzene rings is 1. The van der Waals surface area contributed by atoms with Crippen LogP contribution in [0.15, 0.2) is 35.3 Å². The third-order valence-corrected chi connectivity index (χ3v) is 5.62. The maximum atomic E-state index is 12.5. The van der Waals surface area contributed by atoms with Crippen molar-refractivity contribution in [2.75, 3.05) is 45.8 Å². The van der Waals surface area contributed by atoms with E-state index in [1.807, 2.05) is 6.07 Å². The molecule has 3 heterocycles. The molecule has 2 fully saturated rings. The number of aromatic amines is 1. The van der Waals surface area contributed by atoms with Crippen LogP contribution >= 0.6 is 12.4 Å². The van der Waals surface area contributed by atoms with Gasteiger partial charge in [-0.3, -0.25) is 19.3 Å². The maximum Gasteiger partial charge on any atom is 0.257 e. The normalized spacial score (nSPS) is 19.7. The van der Waals surface area contributed by atoms with Gasteiger partial charge < -0.3 is 20.5 Å². The van der Waals surface area contributed by atoms with Crippen molar-refractivity contribution in [3.05, 3.63) is 46.2 Å². The summed E-state index contributed by atoms with van der Waals surface area (Å²) in [5, 5.41) is 6.40. The molecule has 1 aromatic heterocycles. The lowest BCUT2D eigenvalue weighted by Crippen LogP contribution is -2.49. The molecule has 0 bridgehead atoms. The minimum absolute atomic E-state index is 0. The summed E-state index contributed by atoms with van der Waals surface area (Å²) >= 11 is 0. The van der Waals surface area contributed by atoms with Crippen molar-refractivity contribution in [3.63, 3.8) is 0 Å². The highest BCUT2D eigenvalue weighted by Gasteiger charge is 2.30. The lowest BCUT2D eigenvalue weighted by molar-refractivity contribution is -0.129. The second-order valence-electron chi connectivity index (χ2n) is 7.33. The van der Waals surface area contributed by atoms with Gasteiger partial charge in [-0.1, -0.05) is 12.1 Å². The number of pyridine rings is 1. The fraction of sp³-hybridized carbons (Fsp3) is 0.450. The molecule has 2 aliphatic heterocycles. The SMILES string of the molecule is Cl.O=C(NCC(=O)N1CCC(N2CCNCC2)C1)c1c[nH]c2ccccc2c1=O. The van der Waals surface area contributed by atoms with Crippen molar-refractivity contribution in [2.24, 2.45) is 0 Å². The Labute approximate surface area is 175 Å². The fourth-order valence-electron chi connectivity index (χ4n) is 4.01. The highest BCUT2D eigenvalue weighted by molar-refractivity contribution is 5.98. The zero-order chi connectivity index (χ0) is 19.5. The molecule has 0 spiro atoms. The summed E-state index contributed by atoms with van der Waals surface area (Å²) in [4.78, 5) is 44.6. The smallest absolute Gasteiger partial charge is 0.257 e. The standard InChI is InChI=1S/C20H25N5O3.ClH/c26-18(25-8-5-14(13-25)24-9-6-21-7-10-24)12-23-20(28)16-11-22-17-4-2-1-3-15(17)19(16)27;/h1-4,11,14,21H,5-10,12-13H2,(H,22,27)(H,23,28);1H. The van der Waals surface area contributed by atoms with E-state index in [0.717, 1.165) is 32.6 Å². The van der Waals surface area contributed by atoms with E-state index in [2.05, 4.69) is 20.5 Å². The second kappa shape index (κ2) is 9.39. The van der Waals surface area contributed by atoms with Gasteiger partial charge in [-0.15, -0.1) is 12.4 Å². The third kappa shape index (κ3) is 4.60. The van der Waals surface area contributed by atoms with Gasteiger partial charge in [0.15, 0.2) is 0 Å². The van der Waals surface area contributed by atoms with Gasteiger partial charge in [-0.05, 0) is 18.6 Å². The Bertz CT molecular complexity index is 941. The number of halogens is 1. The quantitative estimate of drug-likeness (QED) is 0.657. The molecule has 0 saturated carbocycles. The van der Waals surface area contributed by atoms with E-state index in [4.69, 9.17) is 0 Å². The van der Waals surface area contributed by atoms with Crippen LogP contribution in [-0.2, 0) is 4.79 Å². The molecule has 29 heavy (non-hydrogen) atoms. The summed E-state index contributed by atoms with van der Waals surface area (Å²) in [6.45, 7) is 5.30. The average Bonchev–Trinajstić information content (AvgIpc) is 3.23. The highest BCUT2D eigenvalue weighted by Crippen LogP contribution is 2.16. The number of likely N-dealkylation sites (tertiary alicyclic amines) is 1. The summed E-state index contributed by atoms with van der Waals surface area (Å²) < 4.78 is 0. The molecule has 1 atom stereocenters. The summed E-state index contributed by atoms with van der Waals surface area (Å²) in [5.41, 5.74) is 0.363. The average molecular weight is 420 g/mol. The first-order valence-corrected chi connectivity index (χ1v) is 9.74. The highest BCUT2D eigenvalue weighted by atomic mass is 35.5. The van der Waals surface area contributed by atoms with Crippen LogP contribution in [0.2, 0.25) is 0 Å². The molecule has 156 valence electrons. The topological polar surface area (TPSA) is 97.5 Å². The first-order valence-electron chi connectivity index (χ1n) is 9.74. The molecule has 0 radical (unpaired) electrons. The van der Waals surface area contributed by atoms with Gasteiger partial charge in [-0.2, -0.15) is 0 Å². The summed E-state index contributed by atoms with van der Waals surface area (Å²) in [7, 11) is 0. The molecule has 9 heteroatoms. The molecule has 8 nitrogen and oxygen atoms in total. The molecule has 0 aliphatic carbocycles. The molecule has 2 aliphatic rings. The number of aromatic nitrogens is 1. The summed E-state index contributed by atoms with van der Waals surface area (Å²) in [5.74, 6) is -0.638. The lowest BCUT2D eigenvalue weighted by atomic mass is 10.1. The zero-order valence-corrected chi connectivity index (χ0v) is 17.0. The van der Waals surface area contributed by atoms with Crippen LogP contribution in [0.5, 0.6) is 0 Å². The van der Waals surface area contributed by atoms with Crippen molar-refractivity contribution in [2.45, 2.75) is 12.5 Å². The molecule has 2 aromatic rings. The minimum Gasteiger partial charge on any atom is -0.360 e. The Kier molecular flexibility index (Phi) is 6.89. The molecule has 1 aromatic carbocycles. The molecular formula is C20H26ClN5O3. The number of nitrogens with one attached hydrogen (secondary N) is 3. The number of rotatable bonds is 4. The summed E-state index contributed by atoms with van der Waals surface area (Å²) in [6, 6.07) is 7.43. The van der Waals surface area contributed by atoms with Crippen molar-refractivity contribution >= 4 is 35.1 Å². The monoisotopic (exact) mass is 419 g/mol. The Morgan fingerprint density at radius 1 is 1.14 bits per heavy atom. The number of para-hydroxylation sites is 1. The van der Waals surface area contributed by atoms with Crippen molar-refractivity contribution < 1.29 is 9.59 Å². The van der Waals surface area contributed by atoms with Crippen molar-refractivity contribution in [1.82, 2.24) is 25.4 Å². The maximum absolute atomic E-state index is 12.5. The Morgan fingerprint density at radius 2 is 1.90 bits per heavy atom. The predicted octanol–water partition coefficient (Wildman–Crippen LogP) is 0.186.